The molecule has 0 radical (unpaired) electrons. The summed E-state index contributed by atoms with van der Waals surface area (Å²) in [6, 6.07) is 15.1. The summed E-state index contributed by atoms with van der Waals surface area (Å²) in [4.78, 5) is 12.3. The van der Waals surface area contributed by atoms with Crippen LogP contribution in [0.25, 0.3) is 0 Å². The molecule has 2 heteroatoms. The molecule has 0 spiro atoms. The average molecular weight is 271 g/mol. The lowest BCUT2D eigenvalue weighted by molar-refractivity contribution is 0.103. The van der Waals surface area contributed by atoms with Gasteiger partial charge < -0.3 is 0 Å². The fraction of sp³-hybridized carbons (Fsp3) is 0.235. The Balaban J connectivity index is 1.81. The van der Waals surface area contributed by atoms with Gasteiger partial charge in [-0.3, -0.25) is 4.79 Å². The Morgan fingerprint density at radius 1 is 0.895 bits per heavy atom. The molecule has 96 valence electrons. The second-order valence-electron chi connectivity index (χ2n) is 5.09. The van der Waals surface area contributed by atoms with Gasteiger partial charge in [0.1, 0.15) is 0 Å². The molecule has 1 fully saturated rings. The zero-order valence-electron chi connectivity index (χ0n) is 10.6. The highest BCUT2D eigenvalue weighted by Gasteiger charge is 2.19. The van der Waals surface area contributed by atoms with Gasteiger partial charge in [-0.1, -0.05) is 42.3 Å². The van der Waals surface area contributed by atoms with Gasteiger partial charge in [-0.25, -0.2) is 0 Å². The van der Waals surface area contributed by atoms with Crippen LogP contribution in [-0.4, -0.2) is 5.78 Å². The van der Waals surface area contributed by atoms with Crippen LogP contribution >= 0.6 is 11.6 Å². The monoisotopic (exact) mass is 270 g/mol. The smallest absolute Gasteiger partial charge is 0.193 e. The Bertz CT molecular complexity index is 580. The number of carbonyl (C=O) groups excluding carboxylic acids is 1. The summed E-state index contributed by atoms with van der Waals surface area (Å²) in [6.45, 7) is 0. The Morgan fingerprint density at radius 2 is 1.42 bits per heavy atom. The summed E-state index contributed by atoms with van der Waals surface area (Å²) in [5, 5.41) is 0.650. The van der Waals surface area contributed by atoms with E-state index in [-0.39, 0.29) is 5.78 Å². The van der Waals surface area contributed by atoms with Crippen LogP contribution in [0.4, 0.5) is 0 Å². The van der Waals surface area contributed by atoms with Crippen molar-refractivity contribution >= 4 is 17.4 Å². The zero-order valence-corrected chi connectivity index (χ0v) is 11.4. The third kappa shape index (κ3) is 2.57. The van der Waals surface area contributed by atoms with Crippen molar-refractivity contribution in [2.45, 2.75) is 25.2 Å². The van der Waals surface area contributed by atoms with Crippen molar-refractivity contribution in [3.63, 3.8) is 0 Å². The summed E-state index contributed by atoms with van der Waals surface area (Å²) in [5.41, 5.74) is 2.78. The lowest BCUT2D eigenvalue weighted by Crippen LogP contribution is -2.09. The second-order valence-corrected chi connectivity index (χ2v) is 5.52. The van der Waals surface area contributed by atoms with E-state index in [4.69, 9.17) is 11.6 Å². The van der Waals surface area contributed by atoms with Crippen LogP contribution in [0.1, 0.15) is 46.7 Å². The van der Waals surface area contributed by atoms with Crippen LogP contribution in [0.3, 0.4) is 0 Å². The fourth-order valence-corrected chi connectivity index (χ4v) is 2.54. The summed E-state index contributed by atoms with van der Waals surface area (Å²) in [7, 11) is 0. The van der Waals surface area contributed by atoms with E-state index in [1.165, 1.54) is 24.8 Å². The van der Waals surface area contributed by atoms with Gasteiger partial charge in [0.05, 0.1) is 0 Å². The third-order valence-electron chi connectivity index (χ3n) is 3.86. The lowest BCUT2D eigenvalue weighted by Gasteiger charge is -2.25. The van der Waals surface area contributed by atoms with Crippen molar-refractivity contribution < 1.29 is 4.79 Å². The first kappa shape index (κ1) is 12.4. The molecule has 0 saturated heterocycles. The van der Waals surface area contributed by atoms with Crippen molar-refractivity contribution in [3.05, 3.63) is 70.2 Å². The molecule has 1 aliphatic rings. The minimum atomic E-state index is 0.0526. The van der Waals surface area contributed by atoms with E-state index in [2.05, 4.69) is 12.1 Å². The van der Waals surface area contributed by atoms with Crippen molar-refractivity contribution in [2.24, 2.45) is 0 Å². The first-order valence-corrected chi connectivity index (χ1v) is 7.02. The first-order chi connectivity index (χ1) is 9.24. The molecule has 2 aromatic rings. The largest absolute Gasteiger partial charge is 0.289 e. The summed E-state index contributed by atoms with van der Waals surface area (Å²) >= 11 is 5.83. The highest BCUT2D eigenvalue weighted by molar-refractivity contribution is 6.30. The van der Waals surface area contributed by atoms with Gasteiger partial charge in [0, 0.05) is 16.1 Å². The number of ketones is 1. The molecule has 1 aliphatic carbocycles. The van der Waals surface area contributed by atoms with Crippen LogP contribution < -0.4 is 0 Å². The molecule has 0 amide bonds. The van der Waals surface area contributed by atoms with Crippen LogP contribution in [-0.2, 0) is 0 Å². The molecule has 19 heavy (non-hydrogen) atoms. The standard InChI is InChI=1S/C17H15ClO/c18-16-10-8-15(9-11-16)17(19)14-6-4-13(5-7-14)12-2-1-3-12/h4-12H,1-3H2. The number of carbonyl (C=O) groups is 1. The van der Waals surface area contributed by atoms with E-state index < -0.39 is 0 Å². The van der Waals surface area contributed by atoms with Gasteiger partial charge in [0.25, 0.3) is 0 Å². The summed E-state index contributed by atoms with van der Waals surface area (Å²) < 4.78 is 0. The Kier molecular flexibility index (Phi) is 3.39. The molecule has 0 aliphatic heterocycles. The molecular formula is C17H15ClO. The number of hydrogen-bond donors (Lipinski definition) is 0. The number of halogens is 1. The number of benzene rings is 2. The lowest BCUT2D eigenvalue weighted by atomic mass is 9.80. The normalized spacial score (nSPS) is 15.0. The Hall–Kier alpha value is -1.60. The molecule has 1 saturated carbocycles. The molecule has 2 aromatic carbocycles. The van der Waals surface area contributed by atoms with E-state index in [1.807, 2.05) is 12.1 Å². The maximum atomic E-state index is 12.3. The highest BCUT2D eigenvalue weighted by atomic mass is 35.5. The molecule has 0 N–H and O–H groups in total. The van der Waals surface area contributed by atoms with Crippen molar-refractivity contribution in [2.75, 3.05) is 0 Å². The SMILES string of the molecule is O=C(c1ccc(Cl)cc1)c1ccc(C2CCC2)cc1. The molecular weight excluding hydrogens is 256 g/mol. The maximum absolute atomic E-state index is 12.3. The second kappa shape index (κ2) is 5.18. The van der Waals surface area contributed by atoms with E-state index in [9.17, 15) is 4.79 Å². The minimum absolute atomic E-state index is 0.0526. The Labute approximate surface area is 118 Å². The topological polar surface area (TPSA) is 17.1 Å². The van der Waals surface area contributed by atoms with Crippen molar-refractivity contribution in [3.8, 4) is 0 Å². The highest BCUT2D eigenvalue weighted by Crippen LogP contribution is 2.36. The van der Waals surface area contributed by atoms with Crippen molar-refractivity contribution in [1.29, 1.82) is 0 Å². The van der Waals surface area contributed by atoms with Gasteiger partial charge in [-0.2, -0.15) is 0 Å². The van der Waals surface area contributed by atoms with Gasteiger partial charge in [-0.05, 0) is 48.6 Å². The fourth-order valence-electron chi connectivity index (χ4n) is 2.42. The zero-order chi connectivity index (χ0) is 13.2. The minimum Gasteiger partial charge on any atom is -0.289 e. The van der Waals surface area contributed by atoms with E-state index >= 15 is 0 Å². The van der Waals surface area contributed by atoms with Gasteiger partial charge in [0.15, 0.2) is 5.78 Å². The van der Waals surface area contributed by atoms with Crippen LogP contribution in [0.2, 0.25) is 5.02 Å². The molecule has 0 bridgehead atoms. The molecule has 0 atom stereocenters. The van der Waals surface area contributed by atoms with E-state index in [0.717, 1.165) is 5.56 Å². The number of hydrogen-bond acceptors (Lipinski definition) is 1. The molecule has 1 nitrogen and oxygen atoms in total. The van der Waals surface area contributed by atoms with Gasteiger partial charge in [0.2, 0.25) is 0 Å². The van der Waals surface area contributed by atoms with Crippen molar-refractivity contribution in [1.82, 2.24) is 0 Å². The molecule has 3 rings (SSSR count). The predicted octanol–water partition coefficient (Wildman–Crippen LogP) is 4.84. The first-order valence-electron chi connectivity index (χ1n) is 6.64. The average Bonchev–Trinajstić information content (AvgIpc) is 2.38. The van der Waals surface area contributed by atoms with Gasteiger partial charge >= 0.3 is 0 Å². The summed E-state index contributed by atoms with van der Waals surface area (Å²) in [6.07, 6.45) is 3.89. The third-order valence-corrected chi connectivity index (χ3v) is 4.11. The predicted molar refractivity (Wildman–Crippen MR) is 77.9 cm³/mol. The summed E-state index contributed by atoms with van der Waals surface area (Å²) in [5.74, 6) is 0.761. The van der Waals surface area contributed by atoms with Gasteiger partial charge in [-0.15, -0.1) is 0 Å². The quantitative estimate of drug-likeness (QED) is 0.730. The maximum Gasteiger partial charge on any atom is 0.193 e. The molecule has 0 unspecified atom stereocenters. The Morgan fingerprint density at radius 3 is 1.89 bits per heavy atom. The van der Waals surface area contributed by atoms with E-state index in [0.29, 0.717) is 16.5 Å². The van der Waals surface area contributed by atoms with Crippen LogP contribution in [0.15, 0.2) is 48.5 Å². The van der Waals surface area contributed by atoms with Crippen LogP contribution in [0, 0.1) is 0 Å². The number of rotatable bonds is 3. The van der Waals surface area contributed by atoms with Crippen LogP contribution in [0.5, 0.6) is 0 Å². The molecule has 0 aromatic heterocycles. The van der Waals surface area contributed by atoms with E-state index in [1.54, 1.807) is 24.3 Å². The molecule has 0 heterocycles.